The summed E-state index contributed by atoms with van der Waals surface area (Å²) in [5, 5.41) is 22.0. The monoisotopic (exact) mass is 464 g/mol. The van der Waals surface area contributed by atoms with Crippen LogP contribution in [0.1, 0.15) is 37.1 Å². The Kier molecular flexibility index (Phi) is 10.2. The van der Waals surface area contributed by atoms with Crippen molar-refractivity contribution >= 4 is 14.0 Å². The van der Waals surface area contributed by atoms with Gasteiger partial charge < -0.3 is 20.3 Å². The van der Waals surface area contributed by atoms with Crippen LogP contribution >= 0.6 is 0 Å². The molecule has 0 aliphatic carbocycles. The summed E-state index contributed by atoms with van der Waals surface area (Å²) in [6, 6.07) is 4.68. The average Bonchev–Trinajstić information content (AvgIpc) is 3.20. The van der Waals surface area contributed by atoms with Crippen LogP contribution in [0.15, 0.2) is 18.3 Å². The lowest BCUT2D eigenvalue weighted by molar-refractivity contribution is -0.143. The molecule has 0 saturated carbocycles. The first-order valence-electron chi connectivity index (χ1n) is 11.1. The Balaban J connectivity index is 2.21. The topological polar surface area (TPSA) is 138 Å². The number of ether oxygens (including phenoxy) is 2. The van der Waals surface area contributed by atoms with E-state index >= 15 is 0 Å². The molecule has 1 unspecified atom stereocenters. The van der Waals surface area contributed by atoms with E-state index in [1.807, 2.05) is 13.0 Å². The number of tetrazole rings is 1. The maximum atomic E-state index is 12.1. The van der Waals surface area contributed by atoms with Gasteiger partial charge in [0.05, 0.1) is 5.92 Å². The molecule has 11 heteroatoms. The van der Waals surface area contributed by atoms with Gasteiger partial charge in [0, 0.05) is 39.4 Å². The van der Waals surface area contributed by atoms with Crippen molar-refractivity contribution in [1.29, 1.82) is 0 Å². The zero-order valence-electron chi connectivity index (χ0n) is 19.5. The summed E-state index contributed by atoms with van der Waals surface area (Å²) in [6.45, 7) is 10.5. The molecule has 32 heavy (non-hydrogen) atoms. The van der Waals surface area contributed by atoms with E-state index in [2.05, 4.69) is 40.2 Å². The van der Waals surface area contributed by atoms with Crippen molar-refractivity contribution in [2.24, 2.45) is 11.7 Å². The Morgan fingerprint density at radius 3 is 2.66 bits per heavy atom. The Bertz CT molecular complexity index is 824. The standard InChI is InChI=1S/C21H36N6O4Si/c1-5-6-17(21(28)29)18(13-16-7-8-19(23-14-16)31-10-9-22)20-24-25-26-27(20)15-30-11-12-32(2,3)4/h7-8,14,17-18H,5-6,9-13,15,22H2,1-4H3,(H,28,29)/t17?,18-/m0/s1. The van der Waals surface area contributed by atoms with E-state index < -0.39 is 25.9 Å². The second-order valence-electron chi connectivity index (χ2n) is 9.07. The number of pyridine rings is 1. The van der Waals surface area contributed by atoms with Crippen LogP contribution in [0.4, 0.5) is 0 Å². The normalized spacial score (nSPS) is 13.7. The molecule has 0 bridgehead atoms. The number of carbonyl (C=O) groups is 1. The number of nitrogens with two attached hydrogens (primary N) is 1. The summed E-state index contributed by atoms with van der Waals surface area (Å²) >= 11 is 0. The van der Waals surface area contributed by atoms with Crippen LogP contribution in [0.25, 0.3) is 0 Å². The Morgan fingerprint density at radius 1 is 1.28 bits per heavy atom. The summed E-state index contributed by atoms with van der Waals surface area (Å²) < 4.78 is 12.8. The van der Waals surface area contributed by atoms with Crippen LogP contribution in [0.2, 0.25) is 25.7 Å². The number of aromatic nitrogens is 5. The molecule has 2 aromatic rings. The van der Waals surface area contributed by atoms with Gasteiger partial charge in [0.15, 0.2) is 5.82 Å². The largest absolute Gasteiger partial charge is 0.481 e. The van der Waals surface area contributed by atoms with Crippen molar-refractivity contribution < 1.29 is 19.4 Å². The third-order valence-corrected chi connectivity index (χ3v) is 6.83. The Labute approximate surface area is 190 Å². The molecule has 2 rings (SSSR count). The second kappa shape index (κ2) is 12.6. The van der Waals surface area contributed by atoms with Crippen LogP contribution in [0.5, 0.6) is 5.88 Å². The first-order valence-corrected chi connectivity index (χ1v) is 14.8. The van der Waals surface area contributed by atoms with E-state index in [9.17, 15) is 9.90 Å². The summed E-state index contributed by atoms with van der Waals surface area (Å²) in [5.41, 5.74) is 6.34. The molecule has 0 aliphatic rings. The summed E-state index contributed by atoms with van der Waals surface area (Å²) in [4.78, 5) is 16.4. The lowest BCUT2D eigenvalue weighted by Crippen LogP contribution is -2.27. The van der Waals surface area contributed by atoms with E-state index in [0.29, 0.717) is 44.3 Å². The van der Waals surface area contributed by atoms with Crippen molar-refractivity contribution in [3.63, 3.8) is 0 Å². The van der Waals surface area contributed by atoms with Gasteiger partial charge in [-0.05, 0) is 34.9 Å². The molecule has 0 aromatic carbocycles. The lowest BCUT2D eigenvalue weighted by Gasteiger charge is -2.23. The fourth-order valence-electron chi connectivity index (χ4n) is 3.35. The zero-order chi connectivity index (χ0) is 23.6. The molecule has 0 aliphatic heterocycles. The van der Waals surface area contributed by atoms with Gasteiger partial charge in [-0.3, -0.25) is 4.79 Å². The zero-order valence-corrected chi connectivity index (χ0v) is 20.5. The number of nitrogens with zero attached hydrogens (tertiary/aromatic N) is 5. The predicted molar refractivity (Wildman–Crippen MR) is 123 cm³/mol. The molecule has 0 radical (unpaired) electrons. The third kappa shape index (κ3) is 8.28. The van der Waals surface area contributed by atoms with Crippen LogP contribution < -0.4 is 10.5 Å². The van der Waals surface area contributed by atoms with Crippen LogP contribution in [-0.2, 0) is 22.7 Å². The third-order valence-electron chi connectivity index (χ3n) is 5.12. The lowest BCUT2D eigenvalue weighted by atomic mass is 9.83. The molecule has 0 saturated heterocycles. The highest BCUT2D eigenvalue weighted by atomic mass is 28.3. The van der Waals surface area contributed by atoms with E-state index in [0.717, 1.165) is 18.0 Å². The van der Waals surface area contributed by atoms with Crippen molar-refractivity contribution in [3.05, 3.63) is 29.7 Å². The van der Waals surface area contributed by atoms with E-state index in [1.165, 1.54) is 0 Å². The molecule has 2 atom stereocenters. The Morgan fingerprint density at radius 2 is 2.06 bits per heavy atom. The fourth-order valence-corrected chi connectivity index (χ4v) is 4.11. The number of aliphatic carboxylic acids is 1. The highest BCUT2D eigenvalue weighted by Crippen LogP contribution is 2.31. The van der Waals surface area contributed by atoms with Gasteiger partial charge in [0.1, 0.15) is 13.3 Å². The second-order valence-corrected chi connectivity index (χ2v) is 14.7. The number of carboxylic acid groups (broad SMARTS) is 1. The van der Waals surface area contributed by atoms with Gasteiger partial charge in [-0.25, -0.2) is 9.67 Å². The van der Waals surface area contributed by atoms with Crippen LogP contribution in [-0.4, -0.2) is 64.1 Å². The summed E-state index contributed by atoms with van der Waals surface area (Å²) in [6.07, 6.45) is 3.40. The predicted octanol–water partition coefficient (Wildman–Crippen LogP) is 2.55. The molecule has 0 fully saturated rings. The molecule has 0 amide bonds. The molecule has 0 spiro atoms. The van der Waals surface area contributed by atoms with E-state index in [4.69, 9.17) is 15.2 Å². The quantitative estimate of drug-likeness (QED) is 0.301. The highest BCUT2D eigenvalue weighted by Gasteiger charge is 2.33. The Hall–Kier alpha value is -2.37. The van der Waals surface area contributed by atoms with Crippen LogP contribution in [0, 0.1) is 5.92 Å². The maximum absolute atomic E-state index is 12.1. The SMILES string of the molecule is CCCC(C(=O)O)[C@H](Cc1ccc(OCCN)nc1)c1nnnn1COCC[Si](C)(C)C. The maximum Gasteiger partial charge on any atom is 0.307 e. The first-order chi connectivity index (χ1) is 15.2. The van der Waals surface area contributed by atoms with Crippen molar-refractivity contribution in [2.75, 3.05) is 19.8 Å². The van der Waals surface area contributed by atoms with Gasteiger partial charge in [0.2, 0.25) is 5.88 Å². The molecule has 2 heterocycles. The minimum atomic E-state index is -1.21. The van der Waals surface area contributed by atoms with Crippen molar-refractivity contribution in [3.8, 4) is 5.88 Å². The first kappa shape index (κ1) is 25.9. The number of hydrogen-bond donors (Lipinski definition) is 2. The van der Waals surface area contributed by atoms with Crippen LogP contribution in [0.3, 0.4) is 0 Å². The molecule has 3 N–H and O–H groups in total. The van der Waals surface area contributed by atoms with Gasteiger partial charge in [-0.15, -0.1) is 5.10 Å². The average molecular weight is 465 g/mol. The van der Waals surface area contributed by atoms with Gasteiger partial charge >= 0.3 is 5.97 Å². The van der Waals surface area contributed by atoms with Crippen molar-refractivity contribution in [2.45, 2.75) is 64.5 Å². The minimum Gasteiger partial charge on any atom is -0.481 e. The summed E-state index contributed by atoms with van der Waals surface area (Å²) in [5.74, 6) is -0.899. The van der Waals surface area contributed by atoms with Crippen molar-refractivity contribution in [1.82, 2.24) is 25.2 Å². The van der Waals surface area contributed by atoms with Gasteiger partial charge in [0.25, 0.3) is 0 Å². The highest BCUT2D eigenvalue weighted by molar-refractivity contribution is 6.76. The molecule has 2 aromatic heterocycles. The smallest absolute Gasteiger partial charge is 0.307 e. The van der Waals surface area contributed by atoms with Gasteiger partial charge in [-0.1, -0.05) is 39.1 Å². The molecular formula is C21H36N6O4Si. The summed E-state index contributed by atoms with van der Waals surface area (Å²) in [7, 11) is -1.21. The molecule has 10 nitrogen and oxygen atoms in total. The fraction of sp³-hybridized carbons (Fsp3) is 0.667. The number of rotatable bonds is 15. The molecular weight excluding hydrogens is 428 g/mol. The molecule has 178 valence electrons. The number of hydrogen-bond acceptors (Lipinski definition) is 8. The van der Waals surface area contributed by atoms with Gasteiger partial charge in [-0.2, -0.15) is 0 Å². The minimum absolute atomic E-state index is 0.200. The van der Waals surface area contributed by atoms with E-state index in [1.54, 1.807) is 16.9 Å². The number of carboxylic acids is 1. The van der Waals surface area contributed by atoms with E-state index in [-0.39, 0.29) is 6.73 Å².